The van der Waals surface area contributed by atoms with Crippen LogP contribution in [0.15, 0.2) is 60.7 Å². The summed E-state index contributed by atoms with van der Waals surface area (Å²) >= 11 is 0. The third-order valence-electron chi connectivity index (χ3n) is 1.11. The molecular formula is C12H10N2O2Ti-4. The largest absolute Gasteiger partial charge is 0.724 e. The van der Waals surface area contributed by atoms with Crippen LogP contribution in [0.4, 0.5) is 0 Å². The number of hydrogen-bond acceptors (Lipinski definition) is 2. The molecule has 4 nitrogen and oxygen atoms in total. The topological polar surface area (TPSA) is 78.7 Å². The maximum absolute atomic E-state index is 8.24. The number of rotatable bonds is 0. The average Bonchev–Trinajstić information content (AvgIpc) is 3.00. The second-order valence-corrected chi connectivity index (χ2v) is 2.11. The minimum absolute atomic E-state index is 0. The Bertz CT molecular complexity index is 284. The van der Waals surface area contributed by atoms with Gasteiger partial charge in [0.25, 0.3) is 0 Å². The van der Waals surface area contributed by atoms with Crippen LogP contribution in [0, 0.1) is 0 Å². The van der Waals surface area contributed by atoms with Crippen molar-refractivity contribution in [2.45, 2.75) is 0 Å². The molecule has 2 aromatic rings. The minimum Gasteiger partial charge on any atom is -0.724 e. The third kappa shape index (κ3) is 31.4. The summed E-state index contributed by atoms with van der Waals surface area (Å²) in [6.07, 6.45) is 1.00. The number of nitrogens with zero attached hydrogens (tertiary/aromatic N) is 2. The van der Waals surface area contributed by atoms with Crippen LogP contribution in [0.1, 0.15) is 0 Å². The quantitative estimate of drug-likeness (QED) is 0.316. The Morgan fingerprint density at radius 1 is 0.706 bits per heavy atom. The van der Waals surface area contributed by atoms with Gasteiger partial charge in [-0.25, -0.2) is 24.3 Å². The zero-order chi connectivity index (χ0) is 12.5. The van der Waals surface area contributed by atoms with E-state index in [9.17, 15) is 0 Å². The molecule has 0 aliphatic rings. The first-order chi connectivity index (χ1) is 7.83. The van der Waals surface area contributed by atoms with E-state index >= 15 is 0 Å². The van der Waals surface area contributed by atoms with Gasteiger partial charge in [-0.05, 0) is 12.2 Å². The van der Waals surface area contributed by atoms with Gasteiger partial charge in [-0.3, -0.25) is 9.59 Å². The predicted octanol–water partition coefficient (Wildman–Crippen LogP) is 2.59. The summed E-state index contributed by atoms with van der Waals surface area (Å²) < 4.78 is 0. The first-order valence-corrected chi connectivity index (χ1v) is 4.19. The fourth-order valence-electron chi connectivity index (χ4n) is 0.642. The van der Waals surface area contributed by atoms with Crippen LogP contribution in [0.3, 0.4) is 0 Å². The first kappa shape index (κ1) is 20.6. The molecule has 5 heteroatoms. The summed E-state index contributed by atoms with van der Waals surface area (Å²) in [7, 11) is 0. The molecule has 0 unspecified atom stereocenters. The fraction of sp³-hybridized carbons (Fsp3) is 0. The van der Waals surface area contributed by atoms with E-state index in [4.69, 9.17) is 20.4 Å². The van der Waals surface area contributed by atoms with Gasteiger partial charge in [0.1, 0.15) is 0 Å². The van der Waals surface area contributed by atoms with Crippen LogP contribution in [-0.4, -0.2) is 12.2 Å². The molecule has 0 saturated heterocycles. The molecule has 0 spiro atoms. The molecule has 17 heavy (non-hydrogen) atoms. The predicted molar refractivity (Wildman–Crippen MR) is 62.2 cm³/mol. The van der Waals surface area contributed by atoms with Crippen LogP contribution in [0.5, 0.6) is 0 Å². The third-order valence-corrected chi connectivity index (χ3v) is 1.11. The van der Waals surface area contributed by atoms with Crippen LogP contribution in [0.25, 0.3) is 10.8 Å². The molecule has 0 aliphatic carbocycles. The van der Waals surface area contributed by atoms with Gasteiger partial charge in [-0.2, -0.15) is 36.4 Å². The summed E-state index contributed by atoms with van der Waals surface area (Å²) in [4.78, 5) is 16.5. The molecule has 0 fully saturated rings. The van der Waals surface area contributed by atoms with Crippen LogP contribution in [-0.2, 0) is 31.3 Å². The van der Waals surface area contributed by atoms with Gasteiger partial charge in [-0.1, -0.05) is 0 Å². The standard InChI is InChI=1S/2C5H5.2CNO.Ti/c2*1-2-4-5-3-1;2*2-1-3;/h2*1-5H;;;/q4*-1;. The molecule has 0 radical (unpaired) electrons. The van der Waals surface area contributed by atoms with Crippen LogP contribution < -0.4 is 0 Å². The number of isocyanates is 2. The van der Waals surface area contributed by atoms with E-state index in [0.29, 0.717) is 12.2 Å². The van der Waals surface area contributed by atoms with Crippen molar-refractivity contribution in [3.8, 4) is 0 Å². The molecule has 0 saturated carbocycles. The molecule has 88 valence electrons. The molecule has 0 amide bonds. The zero-order valence-electron chi connectivity index (χ0n) is 8.98. The van der Waals surface area contributed by atoms with E-state index in [-0.39, 0.29) is 21.7 Å². The summed E-state index contributed by atoms with van der Waals surface area (Å²) in [5, 5.41) is 13.5. The Hall–Kier alpha value is -1.83. The molecule has 0 bridgehead atoms. The van der Waals surface area contributed by atoms with E-state index in [0.717, 1.165) is 0 Å². The number of hydrogen-bond donors (Lipinski definition) is 0. The van der Waals surface area contributed by atoms with Crippen molar-refractivity contribution in [3.63, 3.8) is 0 Å². The van der Waals surface area contributed by atoms with Crippen molar-refractivity contribution >= 4 is 12.2 Å². The van der Waals surface area contributed by atoms with Gasteiger partial charge in [0, 0.05) is 21.7 Å². The average molecular weight is 262 g/mol. The summed E-state index contributed by atoms with van der Waals surface area (Å²) in [6, 6.07) is 20.0. The Labute approximate surface area is 115 Å². The van der Waals surface area contributed by atoms with Crippen molar-refractivity contribution in [1.82, 2.24) is 0 Å². The smallest absolute Gasteiger partial charge is 0 e. The monoisotopic (exact) mass is 262 g/mol. The van der Waals surface area contributed by atoms with E-state index < -0.39 is 0 Å². The van der Waals surface area contributed by atoms with Crippen molar-refractivity contribution < 1.29 is 31.3 Å². The van der Waals surface area contributed by atoms with E-state index in [2.05, 4.69) is 0 Å². The second kappa shape index (κ2) is 23.8. The zero-order valence-corrected chi connectivity index (χ0v) is 10.5. The van der Waals surface area contributed by atoms with Gasteiger partial charge in [0.15, 0.2) is 0 Å². The molecule has 0 aromatic heterocycles. The van der Waals surface area contributed by atoms with Gasteiger partial charge in [0.2, 0.25) is 0 Å². The summed E-state index contributed by atoms with van der Waals surface area (Å²) in [6.45, 7) is 0. The van der Waals surface area contributed by atoms with Crippen molar-refractivity contribution in [3.05, 3.63) is 71.5 Å². The molecular weight excluding hydrogens is 252 g/mol. The molecule has 2 aromatic carbocycles. The Morgan fingerprint density at radius 2 is 0.882 bits per heavy atom. The van der Waals surface area contributed by atoms with Gasteiger partial charge < -0.3 is 10.8 Å². The second-order valence-electron chi connectivity index (χ2n) is 2.11. The van der Waals surface area contributed by atoms with Crippen LogP contribution >= 0.6 is 0 Å². The van der Waals surface area contributed by atoms with E-state index in [1.54, 1.807) is 0 Å². The van der Waals surface area contributed by atoms with Gasteiger partial charge in [0.05, 0.1) is 0 Å². The van der Waals surface area contributed by atoms with Gasteiger partial charge >= 0.3 is 0 Å². The van der Waals surface area contributed by atoms with Crippen LogP contribution in [0.2, 0.25) is 0 Å². The van der Waals surface area contributed by atoms with Crippen molar-refractivity contribution in [2.24, 2.45) is 0 Å². The molecule has 0 atom stereocenters. The first-order valence-electron chi connectivity index (χ1n) is 4.19. The summed E-state index contributed by atoms with van der Waals surface area (Å²) in [5.74, 6) is 0. The normalized spacial score (nSPS) is 5.65. The van der Waals surface area contributed by atoms with E-state index in [1.165, 1.54) is 0 Å². The maximum atomic E-state index is 8.24. The Balaban J connectivity index is -0.000000157. The molecule has 0 N–H and O–H groups in total. The van der Waals surface area contributed by atoms with E-state index in [1.807, 2.05) is 60.7 Å². The Morgan fingerprint density at radius 3 is 0.941 bits per heavy atom. The molecule has 0 heterocycles. The van der Waals surface area contributed by atoms with Crippen molar-refractivity contribution in [2.75, 3.05) is 0 Å². The summed E-state index contributed by atoms with van der Waals surface area (Å²) in [5.41, 5.74) is 0. The van der Waals surface area contributed by atoms with Crippen molar-refractivity contribution in [1.29, 1.82) is 0 Å². The molecule has 2 rings (SSSR count). The maximum Gasteiger partial charge on any atom is 0 e. The Kier molecular flexibility index (Phi) is 28.8. The van der Waals surface area contributed by atoms with Gasteiger partial charge in [-0.15, -0.1) is 0 Å². The molecule has 0 aliphatic heterocycles. The minimum atomic E-state index is 0. The fourth-order valence-corrected chi connectivity index (χ4v) is 0.642. The number of carbonyl (C=O) groups excluding carboxylic acids is 2. The SMILES string of the molecule is [N-]=C=O.[N-]=C=O.[Ti].c1cc[cH-]c1.c1cc[cH-]c1.